The maximum absolute atomic E-state index is 13.4. The van der Waals surface area contributed by atoms with Crippen LogP contribution in [0.25, 0.3) is 10.9 Å². The molecule has 3 heterocycles. The van der Waals surface area contributed by atoms with Crippen molar-refractivity contribution in [1.82, 2.24) is 20.1 Å². The monoisotopic (exact) mass is 410 g/mol. The van der Waals surface area contributed by atoms with E-state index in [1.807, 2.05) is 24.3 Å². The Kier molecular flexibility index (Phi) is 4.16. The molecule has 0 spiro atoms. The van der Waals surface area contributed by atoms with Crippen LogP contribution in [0.3, 0.4) is 0 Å². The molecule has 1 atom stereocenters. The number of para-hydroxylation sites is 1. The van der Waals surface area contributed by atoms with Crippen molar-refractivity contribution in [2.45, 2.75) is 18.6 Å². The first kappa shape index (κ1) is 18.5. The van der Waals surface area contributed by atoms with Gasteiger partial charge in [-0.25, -0.2) is 0 Å². The highest BCUT2D eigenvalue weighted by Crippen LogP contribution is 2.40. The number of carbonyl (C=O) groups excluding carboxylic acids is 1. The Morgan fingerprint density at radius 2 is 1.97 bits per heavy atom. The SMILES string of the molecule is O=C(c1cn[nH]c1)N1CCc2c([nH]c3ccccc23)C1c1cccc(C(F)(F)F)c1. The van der Waals surface area contributed by atoms with Crippen molar-refractivity contribution >= 4 is 16.8 Å². The third kappa shape index (κ3) is 2.96. The number of hydrogen-bond acceptors (Lipinski definition) is 2. The van der Waals surface area contributed by atoms with E-state index in [1.165, 1.54) is 18.5 Å². The first-order valence-corrected chi connectivity index (χ1v) is 9.50. The van der Waals surface area contributed by atoms with E-state index in [1.54, 1.807) is 11.0 Å². The lowest BCUT2D eigenvalue weighted by Crippen LogP contribution is -2.40. The molecule has 0 bridgehead atoms. The molecule has 2 aromatic heterocycles. The van der Waals surface area contributed by atoms with E-state index in [0.29, 0.717) is 24.1 Å². The highest BCUT2D eigenvalue weighted by Gasteiger charge is 2.37. The van der Waals surface area contributed by atoms with Crippen LogP contribution in [-0.2, 0) is 12.6 Å². The Bertz CT molecular complexity index is 1230. The number of aromatic amines is 2. The van der Waals surface area contributed by atoms with Gasteiger partial charge >= 0.3 is 6.18 Å². The number of H-pyrrole nitrogens is 2. The molecule has 1 aliphatic heterocycles. The van der Waals surface area contributed by atoms with E-state index in [2.05, 4.69) is 15.2 Å². The van der Waals surface area contributed by atoms with E-state index in [-0.39, 0.29) is 5.91 Å². The van der Waals surface area contributed by atoms with Crippen molar-refractivity contribution in [1.29, 1.82) is 0 Å². The quantitative estimate of drug-likeness (QED) is 0.503. The molecule has 0 saturated heterocycles. The van der Waals surface area contributed by atoms with Gasteiger partial charge in [-0.05, 0) is 35.7 Å². The molecule has 2 aromatic carbocycles. The number of benzene rings is 2. The molecule has 1 aliphatic rings. The number of nitrogens with zero attached hydrogens (tertiary/aromatic N) is 2. The van der Waals surface area contributed by atoms with Gasteiger partial charge in [0.25, 0.3) is 5.91 Å². The molecule has 8 heteroatoms. The van der Waals surface area contributed by atoms with Crippen LogP contribution in [0.15, 0.2) is 60.9 Å². The number of amides is 1. The predicted molar refractivity (Wildman–Crippen MR) is 105 cm³/mol. The van der Waals surface area contributed by atoms with Crippen LogP contribution in [0.1, 0.15) is 38.8 Å². The molecule has 5 rings (SSSR count). The smallest absolute Gasteiger partial charge is 0.356 e. The zero-order valence-electron chi connectivity index (χ0n) is 15.7. The van der Waals surface area contributed by atoms with E-state index in [0.717, 1.165) is 34.3 Å². The van der Waals surface area contributed by atoms with Crippen molar-refractivity contribution in [3.8, 4) is 0 Å². The van der Waals surface area contributed by atoms with Crippen molar-refractivity contribution in [2.75, 3.05) is 6.54 Å². The van der Waals surface area contributed by atoms with Gasteiger partial charge in [-0.15, -0.1) is 0 Å². The minimum atomic E-state index is -4.46. The van der Waals surface area contributed by atoms with Crippen LogP contribution in [-0.4, -0.2) is 32.5 Å². The summed E-state index contributed by atoms with van der Waals surface area (Å²) in [6, 6.07) is 12.3. The fourth-order valence-electron chi connectivity index (χ4n) is 4.22. The van der Waals surface area contributed by atoms with Crippen LogP contribution in [0.2, 0.25) is 0 Å². The van der Waals surface area contributed by atoms with Crippen molar-refractivity contribution in [3.05, 3.63) is 88.9 Å². The highest BCUT2D eigenvalue weighted by atomic mass is 19.4. The van der Waals surface area contributed by atoms with Crippen molar-refractivity contribution in [2.24, 2.45) is 0 Å². The Morgan fingerprint density at radius 3 is 2.73 bits per heavy atom. The molecule has 4 aromatic rings. The van der Waals surface area contributed by atoms with Gasteiger partial charge in [0, 0.05) is 29.3 Å². The first-order chi connectivity index (χ1) is 14.4. The molecule has 5 nitrogen and oxygen atoms in total. The fraction of sp³-hybridized carbons (Fsp3) is 0.182. The third-order valence-electron chi connectivity index (χ3n) is 5.57. The van der Waals surface area contributed by atoms with Crippen molar-refractivity contribution in [3.63, 3.8) is 0 Å². The summed E-state index contributed by atoms with van der Waals surface area (Å²) in [7, 11) is 0. The van der Waals surface area contributed by atoms with Gasteiger partial charge in [0.05, 0.1) is 23.4 Å². The number of nitrogens with one attached hydrogen (secondary N) is 2. The molecular weight excluding hydrogens is 393 g/mol. The second-order valence-corrected chi connectivity index (χ2v) is 7.32. The van der Waals surface area contributed by atoms with Gasteiger partial charge in [0.15, 0.2) is 0 Å². The topological polar surface area (TPSA) is 64.8 Å². The highest BCUT2D eigenvalue weighted by molar-refractivity contribution is 5.95. The van der Waals surface area contributed by atoms with E-state index >= 15 is 0 Å². The average Bonchev–Trinajstić information content (AvgIpc) is 3.40. The average molecular weight is 410 g/mol. The number of aromatic nitrogens is 3. The fourth-order valence-corrected chi connectivity index (χ4v) is 4.22. The first-order valence-electron chi connectivity index (χ1n) is 9.50. The summed E-state index contributed by atoms with van der Waals surface area (Å²) in [5.74, 6) is -0.282. The molecule has 0 fully saturated rings. The lowest BCUT2D eigenvalue weighted by atomic mass is 9.91. The van der Waals surface area contributed by atoms with Crippen LogP contribution in [0.4, 0.5) is 13.2 Å². The van der Waals surface area contributed by atoms with Crippen LogP contribution < -0.4 is 0 Å². The number of hydrogen-bond donors (Lipinski definition) is 2. The second kappa shape index (κ2) is 6.76. The summed E-state index contributed by atoms with van der Waals surface area (Å²) in [6.45, 7) is 0.389. The minimum absolute atomic E-state index is 0.282. The zero-order chi connectivity index (χ0) is 20.9. The van der Waals surface area contributed by atoms with Gasteiger partial charge < -0.3 is 9.88 Å². The Morgan fingerprint density at radius 1 is 1.13 bits per heavy atom. The summed E-state index contributed by atoms with van der Waals surface area (Å²) in [5, 5.41) is 7.48. The van der Waals surface area contributed by atoms with Gasteiger partial charge in [-0.2, -0.15) is 18.3 Å². The number of carbonyl (C=O) groups is 1. The maximum atomic E-state index is 13.4. The molecular formula is C22H17F3N4O. The summed E-state index contributed by atoms with van der Waals surface area (Å²) in [5.41, 5.74) is 2.72. The molecule has 0 radical (unpaired) electrons. The summed E-state index contributed by atoms with van der Waals surface area (Å²) >= 11 is 0. The molecule has 0 saturated carbocycles. The lowest BCUT2D eigenvalue weighted by Gasteiger charge is -2.36. The molecule has 30 heavy (non-hydrogen) atoms. The number of rotatable bonds is 2. The molecule has 2 N–H and O–H groups in total. The number of alkyl halides is 3. The van der Waals surface area contributed by atoms with E-state index in [4.69, 9.17) is 0 Å². The molecule has 1 amide bonds. The molecule has 152 valence electrons. The molecule has 1 unspecified atom stereocenters. The maximum Gasteiger partial charge on any atom is 0.416 e. The Labute approximate surface area is 169 Å². The Hall–Kier alpha value is -3.55. The zero-order valence-corrected chi connectivity index (χ0v) is 15.7. The van der Waals surface area contributed by atoms with Gasteiger partial charge in [0.1, 0.15) is 0 Å². The van der Waals surface area contributed by atoms with E-state index in [9.17, 15) is 18.0 Å². The summed E-state index contributed by atoms with van der Waals surface area (Å²) in [4.78, 5) is 18.1. The standard InChI is InChI=1S/C22H17F3N4O/c23-22(24,25)15-5-3-4-13(10-15)20-19-17(16-6-1-2-7-18(16)28-19)8-9-29(20)21(30)14-11-26-27-12-14/h1-7,10-12,20,28H,8-9H2,(H,26,27). The van der Waals surface area contributed by atoms with Crippen LogP contribution in [0.5, 0.6) is 0 Å². The second-order valence-electron chi connectivity index (χ2n) is 7.32. The molecule has 0 aliphatic carbocycles. The Balaban J connectivity index is 1.69. The third-order valence-corrected chi connectivity index (χ3v) is 5.57. The number of fused-ring (bicyclic) bond motifs is 3. The number of halogens is 3. The van der Waals surface area contributed by atoms with Gasteiger partial charge in [-0.1, -0.05) is 30.3 Å². The normalized spacial score (nSPS) is 16.6. The minimum Gasteiger partial charge on any atom is -0.356 e. The van der Waals surface area contributed by atoms with Crippen LogP contribution >= 0.6 is 0 Å². The lowest BCUT2D eigenvalue weighted by molar-refractivity contribution is -0.137. The largest absolute Gasteiger partial charge is 0.416 e. The predicted octanol–water partition coefficient (Wildman–Crippen LogP) is 4.70. The van der Waals surface area contributed by atoms with Crippen LogP contribution in [0, 0.1) is 0 Å². The summed E-state index contributed by atoms with van der Waals surface area (Å²) in [6.07, 6.45) is -0.940. The van der Waals surface area contributed by atoms with Gasteiger partial charge in [0.2, 0.25) is 0 Å². The van der Waals surface area contributed by atoms with E-state index < -0.39 is 17.8 Å². The van der Waals surface area contributed by atoms with Gasteiger partial charge in [-0.3, -0.25) is 9.89 Å². The van der Waals surface area contributed by atoms with Crippen molar-refractivity contribution < 1.29 is 18.0 Å². The summed E-state index contributed by atoms with van der Waals surface area (Å²) < 4.78 is 40.1.